The molecule has 0 bridgehead atoms. The number of hydrogen-bond donors (Lipinski definition) is 1. The van der Waals surface area contributed by atoms with Crippen LogP contribution in [-0.4, -0.2) is 52.3 Å². The molecule has 3 heterocycles. The average molecular weight is 386 g/mol. The largest absolute Gasteiger partial charge is 0.367 e. The number of piperidine rings is 2. The Morgan fingerprint density at radius 3 is 2.61 bits per heavy atom. The third kappa shape index (κ3) is 3.60. The topological polar surface area (TPSA) is 56.4 Å². The summed E-state index contributed by atoms with van der Waals surface area (Å²) in [6.45, 7) is 4.66. The highest BCUT2D eigenvalue weighted by atomic mass is 16.2. The van der Waals surface area contributed by atoms with Gasteiger partial charge in [-0.15, -0.1) is 0 Å². The van der Waals surface area contributed by atoms with E-state index in [4.69, 9.17) is 0 Å². The minimum Gasteiger partial charge on any atom is -0.367 e. The molecule has 0 radical (unpaired) electrons. The van der Waals surface area contributed by atoms with Crippen molar-refractivity contribution in [1.29, 1.82) is 0 Å². The summed E-state index contributed by atoms with van der Waals surface area (Å²) in [5.74, 6) is 1.17. The minimum absolute atomic E-state index is 0.0337. The molecule has 4 rings (SSSR count). The van der Waals surface area contributed by atoms with Crippen LogP contribution in [0.3, 0.4) is 0 Å². The van der Waals surface area contributed by atoms with Crippen molar-refractivity contribution in [3.05, 3.63) is 24.0 Å². The fraction of sp³-hybridized carbons (Fsp3) is 0.739. The Kier molecular flexibility index (Phi) is 5.79. The van der Waals surface area contributed by atoms with Gasteiger partial charge in [-0.25, -0.2) is 0 Å². The monoisotopic (exact) mass is 385 g/mol. The molecular weight excluding hydrogens is 350 g/mol. The Morgan fingerprint density at radius 1 is 1.14 bits per heavy atom. The molecule has 154 valence electrons. The molecule has 1 aliphatic carbocycles. The van der Waals surface area contributed by atoms with Crippen LogP contribution in [0.2, 0.25) is 0 Å². The molecule has 1 N–H and O–H groups in total. The van der Waals surface area contributed by atoms with Crippen molar-refractivity contribution >= 4 is 11.8 Å². The van der Waals surface area contributed by atoms with Gasteiger partial charge in [-0.3, -0.25) is 9.59 Å². The van der Waals surface area contributed by atoms with Crippen molar-refractivity contribution in [3.8, 4) is 0 Å². The van der Waals surface area contributed by atoms with Gasteiger partial charge in [0.05, 0.1) is 11.0 Å². The van der Waals surface area contributed by atoms with Crippen LogP contribution in [0.25, 0.3) is 0 Å². The van der Waals surface area contributed by atoms with Gasteiger partial charge >= 0.3 is 0 Å². The summed E-state index contributed by atoms with van der Waals surface area (Å²) in [4.78, 5) is 33.7. The number of aromatic nitrogens is 1. The quantitative estimate of drug-likeness (QED) is 0.844. The third-order valence-electron chi connectivity index (χ3n) is 7.69. The highest BCUT2D eigenvalue weighted by molar-refractivity contribution is 5.95. The van der Waals surface area contributed by atoms with Crippen molar-refractivity contribution in [3.63, 3.8) is 0 Å². The maximum Gasteiger partial charge on any atom is 0.255 e. The summed E-state index contributed by atoms with van der Waals surface area (Å²) in [5, 5.41) is 0. The van der Waals surface area contributed by atoms with Gasteiger partial charge in [-0.2, -0.15) is 0 Å². The molecular formula is C23H35N3O2. The fourth-order valence-electron chi connectivity index (χ4n) is 5.92. The zero-order valence-corrected chi connectivity index (χ0v) is 17.3. The van der Waals surface area contributed by atoms with Crippen LogP contribution in [0.1, 0.15) is 81.5 Å². The van der Waals surface area contributed by atoms with E-state index in [1.807, 2.05) is 11.0 Å². The van der Waals surface area contributed by atoms with Crippen molar-refractivity contribution in [2.75, 3.05) is 19.6 Å². The van der Waals surface area contributed by atoms with Crippen LogP contribution in [0, 0.1) is 11.3 Å². The molecule has 2 saturated heterocycles. The summed E-state index contributed by atoms with van der Waals surface area (Å²) < 4.78 is 0. The predicted octanol–water partition coefficient (Wildman–Crippen LogP) is 4.22. The number of aromatic amines is 1. The van der Waals surface area contributed by atoms with Gasteiger partial charge in [0.1, 0.15) is 0 Å². The molecule has 1 aromatic heterocycles. The van der Waals surface area contributed by atoms with Gasteiger partial charge in [0.15, 0.2) is 0 Å². The minimum atomic E-state index is -0.380. The first-order chi connectivity index (χ1) is 13.6. The Morgan fingerprint density at radius 2 is 1.89 bits per heavy atom. The van der Waals surface area contributed by atoms with E-state index < -0.39 is 0 Å². The maximum atomic E-state index is 13.6. The predicted molar refractivity (Wildman–Crippen MR) is 110 cm³/mol. The number of hydrogen-bond acceptors (Lipinski definition) is 2. The number of H-pyrrole nitrogens is 1. The summed E-state index contributed by atoms with van der Waals surface area (Å²) in [6, 6.07) is 1.80. The van der Waals surface area contributed by atoms with E-state index in [1.165, 1.54) is 32.1 Å². The van der Waals surface area contributed by atoms with Crippen molar-refractivity contribution in [2.45, 2.75) is 77.2 Å². The van der Waals surface area contributed by atoms with E-state index in [2.05, 4.69) is 16.8 Å². The van der Waals surface area contributed by atoms with Crippen LogP contribution >= 0.6 is 0 Å². The number of carbonyl (C=O) groups excluding carboxylic acids is 2. The van der Waals surface area contributed by atoms with Crippen LogP contribution in [0.15, 0.2) is 18.5 Å². The Balaban J connectivity index is 1.45. The molecule has 28 heavy (non-hydrogen) atoms. The molecule has 0 aromatic carbocycles. The Bertz CT molecular complexity index is 676. The molecule has 3 aliphatic rings. The van der Waals surface area contributed by atoms with Crippen molar-refractivity contribution in [1.82, 2.24) is 14.8 Å². The van der Waals surface area contributed by atoms with Gasteiger partial charge in [0.2, 0.25) is 5.91 Å². The molecule has 1 saturated carbocycles. The first kappa shape index (κ1) is 19.5. The molecule has 2 amide bonds. The van der Waals surface area contributed by atoms with E-state index in [-0.39, 0.29) is 17.4 Å². The van der Waals surface area contributed by atoms with E-state index in [0.29, 0.717) is 11.5 Å². The molecule has 2 atom stereocenters. The summed E-state index contributed by atoms with van der Waals surface area (Å²) in [5.41, 5.74) is 0.316. The van der Waals surface area contributed by atoms with Crippen molar-refractivity contribution < 1.29 is 9.59 Å². The number of nitrogens with one attached hydrogen (secondary N) is 1. The molecule has 1 aromatic rings. The van der Waals surface area contributed by atoms with Crippen LogP contribution in [0.5, 0.6) is 0 Å². The molecule has 5 nitrogen and oxygen atoms in total. The van der Waals surface area contributed by atoms with Crippen LogP contribution in [0.4, 0.5) is 0 Å². The second-order valence-electron chi connectivity index (χ2n) is 9.22. The standard InChI is InChI=1S/C23H35N3O2/c1-18-23(12-6-15-26(18)21(27)20-9-13-24-17-20)11-5-14-25(22(23)28)16-10-19-7-3-2-4-8-19/h9,13,17-19,24H,2-8,10-12,14-16H2,1H3/t18-,23-/m0/s1. The van der Waals surface area contributed by atoms with Crippen LogP contribution < -0.4 is 0 Å². The van der Waals surface area contributed by atoms with Gasteiger partial charge in [-0.05, 0) is 51.0 Å². The number of likely N-dealkylation sites (tertiary alicyclic amines) is 2. The fourth-order valence-corrected chi connectivity index (χ4v) is 5.92. The number of rotatable bonds is 4. The lowest BCUT2D eigenvalue weighted by molar-refractivity contribution is -0.154. The number of amides is 2. The first-order valence-electron chi connectivity index (χ1n) is 11.3. The second kappa shape index (κ2) is 8.30. The molecule has 2 aliphatic heterocycles. The number of nitrogens with zero attached hydrogens (tertiary/aromatic N) is 2. The van der Waals surface area contributed by atoms with Gasteiger partial charge in [0, 0.05) is 38.1 Å². The molecule has 3 fully saturated rings. The molecule has 0 unspecified atom stereocenters. The summed E-state index contributed by atoms with van der Waals surface area (Å²) in [6.07, 6.45) is 15.3. The van der Waals surface area contributed by atoms with Gasteiger partial charge in [0.25, 0.3) is 5.91 Å². The Labute approximate surface area is 168 Å². The summed E-state index contributed by atoms with van der Waals surface area (Å²) >= 11 is 0. The lowest BCUT2D eigenvalue weighted by atomic mass is 9.67. The van der Waals surface area contributed by atoms with Gasteiger partial charge < -0.3 is 14.8 Å². The lowest BCUT2D eigenvalue weighted by Gasteiger charge is -2.51. The zero-order chi connectivity index (χ0) is 19.6. The molecule has 5 heteroatoms. The zero-order valence-electron chi connectivity index (χ0n) is 17.3. The average Bonchev–Trinajstić information content (AvgIpc) is 3.26. The van der Waals surface area contributed by atoms with Crippen LogP contribution in [-0.2, 0) is 4.79 Å². The van der Waals surface area contributed by atoms with E-state index in [1.54, 1.807) is 12.4 Å². The smallest absolute Gasteiger partial charge is 0.255 e. The van der Waals surface area contributed by atoms with Crippen molar-refractivity contribution in [2.24, 2.45) is 11.3 Å². The SMILES string of the molecule is C[C@@H]1N(C(=O)c2cc[nH]c2)CCC[C@@]12CCCN(CCC1CCCCC1)C2=O. The van der Waals surface area contributed by atoms with Gasteiger partial charge in [-0.1, -0.05) is 32.1 Å². The third-order valence-corrected chi connectivity index (χ3v) is 7.69. The normalized spacial score (nSPS) is 29.5. The highest BCUT2D eigenvalue weighted by Gasteiger charge is 2.52. The molecule has 1 spiro atoms. The van der Waals surface area contributed by atoms with E-state index in [9.17, 15) is 9.59 Å². The first-order valence-corrected chi connectivity index (χ1v) is 11.3. The number of carbonyl (C=O) groups is 2. The van der Waals surface area contributed by atoms with E-state index >= 15 is 0 Å². The summed E-state index contributed by atoms with van der Waals surface area (Å²) in [7, 11) is 0. The highest BCUT2D eigenvalue weighted by Crippen LogP contribution is 2.44. The van der Waals surface area contributed by atoms with E-state index in [0.717, 1.165) is 57.7 Å². The lowest BCUT2D eigenvalue weighted by Crippen LogP contribution is -2.61. The second-order valence-corrected chi connectivity index (χ2v) is 9.22. The Hall–Kier alpha value is -1.78. The maximum absolute atomic E-state index is 13.6.